The van der Waals surface area contributed by atoms with Crippen LogP contribution < -0.4 is 10.6 Å². The van der Waals surface area contributed by atoms with Gasteiger partial charge in [-0.25, -0.2) is 9.18 Å². The van der Waals surface area contributed by atoms with Crippen molar-refractivity contribution in [2.45, 2.75) is 19.4 Å². The molecule has 0 radical (unpaired) electrons. The van der Waals surface area contributed by atoms with Crippen molar-refractivity contribution in [3.8, 4) is 0 Å². The Morgan fingerprint density at radius 1 is 1.27 bits per heavy atom. The number of carbonyl (C=O) groups excluding carboxylic acids is 2. The Hall–Kier alpha value is -2.15. The first-order valence-electron chi connectivity index (χ1n) is 6.77. The summed E-state index contributed by atoms with van der Waals surface area (Å²) in [4.78, 5) is 23.4. The molecule has 0 aromatic heterocycles. The van der Waals surface area contributed by atoms with E-state index in [4.69, 9.17) is 9.47 Å². The molecule has 0 fully saturated rings. The van der Waals surface area contributed by atoms with Crippen LogP contribution in [0.25, 0.3) is 0 Å². The Morgan fingerprint density at radius 3 is 2.50 bits per heavy atom. The maximum atomic E-state index is 13.9. The summed E-state index contributed by atoms with van der Waals surface area (Å²) < 4.78 is 23.7. The largest absolute Gasteiger partial charge is 0.462 e. The van der Waals surface area contributed by atoms with Crippen LogP contribution in [0, 0.1) is 5.82 Å². The highest BCUT2D eigenvalue weighted by molar-refractivity contribution is 5.94. The molecule has 0 atom stereocenters. The van der Waals surface area contributed by atoms with Gasteiger partial charge in [0.05, 0.1) is 12.2 Å². The molecule has 22 heavy (non-hydrogen) atoms. The fraction of sp³-hybridized carbons (Fsp3) is 0.467. The number of nitrogens with one attached hydrogen (secondary N) is 2. The van der Waals surface area contributed by atoms with Crippen molar-refractivity contribution in [3.05, 3.63) is 29.6 Å². The van der Waals surface area contributed by atoms with E-state index in [0.29, 0.717) is 12.3 Å². The van der Waals surface area contributed by atoms with Gasteiger partial charge in [-0.15, -0.1) is 0 Å². The quantitative estimate of drug-likeness (QED) is 0.590. The average molecular weight is 312 g/mol. The molecule has 0 unspecified atom stereocenters. The van der Waals surface area contributed by atoms with Crippen molar-refractivity contribution in [1.29, 1.82) is 0 Å². The molecule has 0 aliphatic carbocycles. The van der Waals surface area contributed by atoms with Crippen LogP contribution in [0.1, 0.15) is 24.2 Å². The van der Waals surface area contributed by atoms with Gasteiger partial charge in [0.2, 0.25) is 0 Å². The fourth-order valence-electron chi connectivity index (χ4n) is 1.72. The highest BCUT2D eigenvalue weighted by Crippen LogP contribution is 2.19. The number of methoxy groups -OCH3 is 1. The smallest absolute Gasteiger partial charge is 0.331 e. The SMILES string of the molecule is CNC(=O)c1ccc(NC(C)(C)C(=O)OCCOC)cc1F. The van der Waals surface area contributed by atoms with Gasteiger partial charge in [-0.1, -0.05) is 0 Å². The van der Waals surface area contributed by atoms with Crippen LogP contribution in [0.4, 0.5) is 10.1 Å². The summed E-state index contributed by atoms with van der Waals surface area (Å²) in [5, 5.41) is 5.23. The number of hydrogen-bond donors (Lipinski definition) is 2. The van der Waals surface area contributed by atoms with Crippen LogP contribution in [0.15, 0.2) is 18.2 Å². The van der Waals surface area contributed by atoms with E-state index < -0.39 is 23.2 Å². The Labute approximate surface area is 129 Å². The number of amides is 1. The van der Waals surface area contributed by atoms with Crippen molar-refractivity contribution in [2.24, 2.45) is 0 Å². The molecule has 1 aromatic rings. The molecule has 122 valence electrons. The molecule has 1 aromatic carbocycles. The highest BCUT2D eigenvalue weighted by Gasteiger charge is 2.29. The van der Waals surface area contributed by atoms with Crippen LogP contribution in [0.2, 0.25) is 0 Å². The van der Waals surface area contributed by atoms with E-state index in [0.717, 1.165) is 6.07 Å². The third kappa shape index (κ3) is 4.70. The topological polar surface area (TPSA) is 76.7 Å². The summed E-state index contributed by atoms with van der Waals surface area (Å²) in [5.74, 6) is -1.67. The molecule has 0 aliphatic heterocycles. The van der Waals surface area contributed by atoms with Gasteiger partial charge in [-0.05, 0) is 32.0 Å². The number of halogens is 1. The Kier molecular flexibility index (Phi) is 6.30. The van der Waals surface area contributed by atoms with E-state index in [1.807, 2.05) is 0 Å². The van der Waals surface area contributed by atoms with Gasteiger partial charge in [0.1, 0.15) is 18.0 Å². The maximum Gasteiger partial charge on any atom is 0.331 e. The highest BCUT2D eigenvalue weighted by atomic mass is 19.1. The fourth-order valence-corrected chi connectivity index (χ4v) is 1.72. The molecule has 0 spiro atoms. The summed E-state index contributed by atoms with van der Waals surface area (Å²) >= 11 is 0. The van der Waals surface area contributed by atoms with E-state index in [2.05, 4.69) is 10.6 Å². The normalized spacial score (nSPS) is 11.0. The number of ether oxygens (including phenoxy) is 2. The molecule has 0 saturated carbocycles. The number of anilines is 1. The Morgan fingerprint density at radius 2 is 1.95 bits per heavy atom. The predicted molar refractivity (Wildman–Crippen MR) is 80.3 cm³/mol. The molecular formula is C15H21FN2O4. The molecule has 6 nitrogen and oxygen atoms in total. The molecule has 0 heterocycles. The first kappa shape index (κ1) is 17.9. The van der Waals surface area contributed by atoms with Gasteiger partial charge in [-0.2, -0.15) is 0 Å². The van der Waals surface area contributed by atoms with Gasteiger partial charge in [0.15, 0.2) is 0 Å². The second-order valence-corrected chi connectivity index (χ2v) is 5.15. The van der Waals surface area contributed by atoms with Crippen molar-refractivity contribution in [2.75, 3.05) is 32.7 Å². The number of hydrogen-bond acceptors (Lipinski definition) is 5. The minimum Gasteiger partial charge on any atom is -0.462 e. The summed E-state index contributed by atoms with van der Waals surface area (Å²) in [6.07, 6.45) is 0. The number of esters is 1. The van der Waals surface area contributed by atoms with E-state index >= 15 is 0 Å². The van der Waals surface area contributed by atoms with Gasteiger partial charge in [-0.3, -0.25) is 4.79 Å². The summed E-state index contributed by atoms with van der Waals surface area (Å²) in [6.45, 7) is 3.68. The van der Waals surface area contributed by atoms with Crippen molar-refractivity contribution >= 4 is 17.6 Å². The van der Waals surface area contributed by atoms with E-state index in [9.17, 15) is 14.0 Å². The van der Waals surface area contributed by atoms with Crippen molar-refractivity contribution < 1.29 is 23.5 Å². The predicted octanol–water partition coefficient (Wildman–Crippen LogP) is 1.57. The second kappa shape index (κ2) is 7.74. The van der Waals surface area contributed by atoms with Crippen LogP contribution >= 0.6 is 0 Å². The van der Waals surface area contributed by atoms with Crippen molar-refractivity contribution in [3.63, 3.8) is 0 Å². The Balaban J connectivity index is 2.78. The van der Waals surface area contributed by atoms with Crippen LogP contribution in [0.3, 0.4) is 0 Å². The van der Waals surface area contributed by atoms with Crippen molar-refractivity contribution in [1.82, 2.24) is 5.32 Å². The third-order valence-electron chi connectivity index (χ3n) is 2.93. The number of rotatable bonds is 7. The van der Waals surface area contributed by atoms with E-state index in [1.54, 1.807) is 13.8 Å². The van der Waals surface area contributed by atoms with Gasteiger partial charge in [0, 0.05) is 19.8 Å². The lowest BCUT2D eigenvalue weighted by Crippen LogP contribution is -2.42. The first-order chi connectivity index (χ1) is 10.3. The van der Waals surface area contributed by atoms with E-state index in [-0.39, 0.29) is 12.2 Å². The lowest BCUT2D eigenvalue weighted by molar-refractivity contribution is -0.149. The van der Waals surface area contributed by atoms with Gasteiger partial charge >= 0.3 is 5.97 Å². The molecule has 1 amide bonds. The molecule has 0 bridgehead atoms. The Bertz CT molecular complexity index is 546. The number of benzene rings is 1. The zero-order valence-corrected chi connectivity index (χ0v) is 13.2. The molecule has 1 rings (SSSR count). The lowest BCUT2D eigenvalue weighted by atomic mass is 10.0. The second-order valence-electron chi connectivity index (χ2n) is 5.15. The lowest BCUT2D eigenvalue weighted by Gasteiger charge is -2.25. The molecule has 0 aliphatic rings. The summed E-state index contributed by atoms with van der Waals surface area (Å²) in [6, 6.07) is 4.04. The van der Waals surface area contributed by atoms with Gasteiger partial charge in [0.25, 0.3) is 5.91 Å². The zero-order valence-electron chi connectivity index (χ0n) is 13.2. The maximum absolute atomic E-state index is 13.9. The molecular weight excluding hydrogens is 291 g/mol. The zero-order chi connectivity index (χ0) is 16.8. The minimum atomic E-state index is -1.05. The summed E-state index contributed by atoms with van der Waals surface area (Å²) in [7, 11) is 2.93. The van der Waals surface area contributed by atoms with Gasteiger partial charge < -0.3 is 20.1 Å². The van der Waals surface area contributed by atoms with Crippen LogP contribution in [-0.2, 0) is 14.3 Å². The first-order valence-corrected chi connectivity index (χ1v) is 6.77. The van der Waals surface area contributed by atoms with Crippen LogP contribution in [-0.4, -0.2) is 44.8 Å². The molecule has 7 heteroatoms. The molecule has 2 N–H and O–H groups in total. The monoisotopic (exact) mass is 312 g/mol. The third-order valence-corrected chi connectivity index (χ3v) is 2.93. The minimum absolute atomic E-state index is 0.0615. The number of carbonyl (C=O) groups is 2. The van der Waals surface area contributed by atoms with E-state index in [1.165, 1.54) is 26.3 Å². The summed E-state index contributed by atoms with van der Waals surface area (Å²) in [5.41, 5.74) is -0.735. The average Bonchev–Trinajstić information content (AvgIpc) is 2.46. The standard InChI is InChI=1S/C15H21FN2O4/c1-15(2,14(20)22-8-7-21-4)18-10-5-6-11(12(16)9-10)13(19)17-3/h5-6,9,18H,7-8H2,1-4H3,(H,17,19). The molecule has 0 saturated heterocycles. The van der Waals surface area contributed by atoms with Crippen LogP contribution in [0.5, 0.6) is 0 Å².